The fourth-order valence-electron chi connectivity index (χ4n) is 4.71. The number of carbonyl (C=O) groups is 5. The minimum absolute atomic E-state index is 0.325. The Balaban J connectivity index is 0.000000413. The van der Waals surface area contributed by atoms with Crippen LogP contribution in [0.1, 0.15) is 42.9 Å². The maximum Gasteiger partial charge on any atom is 0.222 e. The molecule has 1 amide bonds. The Morgan fingerprint density at radius 2 is 1.10 bits per heavy atom. The first-order chi connectivity index (χ1) is 19.6. The Bertz CT molecular complexity index is 1050. The Kier molecular flexibility index (Phi) is 14.0. The molecule has 0 radical (unpaired) electrons. The highest BCUT2D eigenvalue weighted by molar-refractivity contribution is 6.25. The lowest BCUT2D eigenvalue weighted by Crippen LogP contribution is -2.48. The van der Waals surface area contributed by atoms with Crippen molar-refractivity contribution in [3.8, 4) is 0 Å². The van der Waals surface area contributed by atoms with Gasteiger partial charge in [0.1, 0.15) is 0 Å². The van der Waals surface area contributed by atoms with Crippen LogP contribution in [0, 0.1) is 0 Å². The van der Waals surface area contributed by atoms with Crippen LogP contribution in [-0.2, 0) is 24.0 Å². The summed E-state index contributed by atoms with van der Waals surface area (Å²) in [6.45, 7) is 7.35. The van der Waals surface area contributed by atoms with E-state index >= 15 is 0 Å². The van der Waals surface area contributed by atoms with Crippen LogP contribution in [-0.4, -0.2) is 90.3 Å². The first-order valence-corrected chi connectivity index (χ1v) is 13.3. The van der Waals surface area contributed by atoms with E-state index in [-0.39, 0.29) is 0 Å². The lowest BCUT2D eigenvalue weighted by atomic mass is 9.96. The largest absolute Gasteiger partial charge is 0.543 e. The summed E-state index contributed by atoms with van der Waals surface area (Å²) in [6.07, 6.45) is 4.08. The number of aliphatic carboxylic acids is 4. The van der Waals surface area contributed by atoms with Gasteiger partial charge in [0.15, 0.2) is 0 Å². The van der Waals surface area contributed by atoms with Gasteiger partial charge in [-0.2, -0.15) is 0 Å². The van der Waals surface area contributed by atoms with Crippen molar-refractivity contribution in [1.82, 2.24) is 14.7 Å². The topological polar surface area (TPSA) is 187 Å². The van der Waals surface area contributed by atoms with E-state index < -0.39 is 23.9 Å². The number of nitrogens with zero attached hydrogens (tertiary/aromatic N) is 3. The highest BCUT2D eigenvalue weighted by Gasteiger charge is 2.26. The number of carboxylic acid groups (broad SMARTS) is 4. The number of carbonyl (C=O) groups excluding carboxylic acids is 5. The van der Waals surface area contributed by atoms with Crippen LogP contribution in [0.25, 0.3) is 0 Å². The van der Waals surface area contributed by atoms with Crippen LogP contribution in [0.5, 0.6) is 0 Å². The van der Waals surface area contributed by atoms with Gasteiger partial charge in [0.2, 0.25) is 5.91 Å². The number of piperidine rings is 1. The van der Waals surface area contributed by atoms with Gasteiger partial charge in [-0.25, -0.2) is 0 Å². The predicted molar refractivity (Wildman–Crippen MR) is 138 cm³/mol. The van der Waals surface area contributed by atoms with Gasteiger partial charge in [0.05, 0.1) is 29.9 Å². The molecule has 0 bridgehead atoms. The minimum atomic E-state index is -2.19. The van der Waals surface area contributed by atoms with E-state index in [0.29, 0.717) is 11.9 Å². The molecule has 0 saturated carbocycles. The first-order valence-electron chi connectivity index (χ1n) is 13.3. The van der Waals surface area contributed by atoms with E-state index in [0.717, 1.165) is 65.1 Å². The lowest BCUT2D eigenvalue weighted by Gasteiger charge is -2.40. The Morgan fingerprint density at radius 3 is 1.51 bits per heavy atom. The number of piperazine rings is 1. The molecule has 0 N–H and O–H groups in total. The summed E-state index contributed by atoms with van der Waals surface area (Å²) in [5.74, 6) is -8.38. The maximum absolute atomic E-state index is 12.0. The van der Waals surface area contributed by atoms with Crippen LogP contribution in [0.4, 0.5) is 0 Å². The molecule has 0 spiro atoms. The summed E-state index contributed by atoms with van der Waals surface area (Å²) in [4.78, 5) is 54.9. The fraction of sp³-hybridized carbons (Fsp3) is 0.414. The minimum Gasteiger partial charge on any atom is -0.543 e. The van der Waals surface area contributed by atoms with Crippen LogP contribution >= 0.6 is 0 Å². The Labute approximate surface area is 238 Å². The van der Waals surface area contributed by atoms with E-state index in [2.05, 4.69) is 75.4 Å². The molecule has 2 aliphatic heterocycles. The molecule has 41 heavy (non-hydrogen) atoms. The first kappa shape index (κ1) is 32.9. The van der Waals surface area contributed by atoms with Crippen LogP contribution < -0.4 is 20.4 Å². The van der Waals surface area contributed by atoms with Gasteiger partial charge in [-0.3, -0.25) is 9.69 Å². The average Bonchev–Trinajstić information content (AvgIpc) is 2.97. The molecule has 0 aromatic heterocycles. The Hall–Kier alpha value is -4.29. The number of carboxylic acids is 4. The van der Waals surface area contributed by atoms with E-state index in [1.54, 1.807) is 0 Å². The SMILES string of the molecule is O=C([O-])C(=O)[O-].O=C([O-])C(=O)[O-].O=C1CCCCN1CCCN1CCN(C(c2ccccc2)c2ccccc2)CC1. The van der Waals surface area contributed by atoms with E-state index in [1.807, 2.05) is 0 Å². The summed E-state index contributed by atoms with van der Waals surface area (Å²) in [6, 6.07) is 22.1. The predicted octanol–water partition coefficient (Wildman–Crippen LogP) is -3.23. The van der Waals surface area contributed by atoms with Gasteiger partial charge < -0.3 is 49.4 Å². The summed E-state index contributed by atoms with van der Waals surface area (Å²) < 4.78 is 0. The number of rotatable bonds is 7. The van der Waals surface area contributed by atoms with Crippen LogP contribution in [0.15, 0.2) is 60.7 Å². The molecule has 0 aliphatic carbocycles. The number of benzene rings is 2. The fourth-order valence-corrected chi connectivity index (χ4v) is 4.71. The summed E-state index contributed by atoms with van der Waals surface area (Å²) >= 11 is 0. The van der Waals surface area contributed by atoms with Gasteiger partial charge in [0.25, 0.3) is 0 Å². The highest BCUT2D eigenvalue weighted by Crippen LogP contribution is 2.29. The molecule has 2 aromatic carbocycles. The number of hydrogen-bond donors (Lipinski definition) is 0. The molecule has 2 saturated heterocycles. The van der Waals surface area contributed by atoms with Crippen molar-refractivity contribution in [1.29, 1.82) is 0 Å². The van der Waals surface area contributed by atoms with E-state index in [9.17, 15) is 4.79 Å². The molecule has 2 fully saturated rings. The molecule has 2 aromatic rings. The average molecular weight is 568 g/mol. The lowest BCUT2D eigenvalue weighted by molar-refractivity contribution is -0.345. The van der Waals surface area contributed by atoms with Gasteiger partial charge in [-0.15, -0.1) is 0 Å². The molecule has 12 nitrogen and oxygen atoms in total. The van der Waals surface area contributed by atoms with Crippen LogP contribution in [0.3, 0.4) is 0 Å². The standard InChI is InChI=1S/C25H33N3O.2C2H2O4/c29-24-14-7-8-16-27(24)17-9-15-26-18-20-28(21-19-26)25(22-10-3-1-4-11-22)23-12-5-2-6-13-23;2*3-1(4)2(5)6/h1-6,10-13,25H,7-9,14-21H2;2*(H,3,4)(H,5,6)/p-4. The van der Waals surface area contributed by atoms with Crippen molar-refractivity contribution < 1.29 is 44.4 Å². The zero-order valence-electron chi connectivity index (χ0n) is 22.6. The van der Waals surface area contributed by atoms with Crippen molar-refractivity contribution >= 4 is 29.8 Å². The van der Waals surface area contributed by atoms with Crippen molar-refractivity contribution in [3.05, 3.63) is 71.8 Å². The van der Waals surface area contributed by atoms with E-state index in [4.69, 9.17) is 39.6 Å². The normalized spacial score (nSPS) is 15.6. The molecule has 0 atom stereocenters. The molecular formula is C29H33N3O9-4. The molecule has 2 aliphatic rings. The number of hydrogen-bond acceptors (Lipinski definition) is 11. The number of amides is 1. The second-order valence-corrected chi connectivity index (χ2v) is 9.44. The maximum atomic E-state index is 12.0. The number of likely N-dealkylation sites (tertiary alicyclic amines) is 1. The molecule has 222 valence electrons. The summed E-state index contributed by atoms with van der Waals surface area (Å²) in [5, 5.41) is 35.7. The second kappa shape index (κ2) is 17.4. The smallest absolute Gasteiger partial charge is 0.222 e. The van der Waals surface area contributed by atoms with Gasteiger partial charge in [0, 0.05) is 45.7 Å². The summed E-state index contributed by atoms with van der Waals surface area (Å²) in [7, 11) is 0. The molecule has 0 unspecified atom stereocenters. The molecule has 4 rings (SSSR count). The van der Waals surface area contributed by atoms with Gasteiger partial charge in [-0.05, 0) is 36.9 Å². The van der Waals surface area contributed by atoms with Crippen molar-refractivity contribution in [2.45, 2.75) is 31.7 Å². The molecule has 12 heteroatoms. The van der Waals surface area contributed by atoms with Crippen LogP contribution in [0.2, 0.25) is 0 Å². The van der Waals surface area contributed by atoms with Crippen molar-refractivity contribution in [2.24, 2.45) is 0 Å². The van der Waals surface area contributed by atoms with Crippen molar-refractivity contribution in [2.75, 3.05) is 45.8 Å². The third-order valence-corrected chi connectivity index (χ3v) is 6.66. The van der Waals surface area contributed by atoms with Crippen molar-refractivity contribution in [3.63, 3.8) is 0 Å². The second-order valence-electron chi connectivity index (χ2n) is 9.44. The van der Waals surface area contributed by atoms with Gasteiger partial charge >= 0.3 is 0 Å². The third-order valence-electron chi connectivity index (χ3n) is 6.66. The quantitative estimate of drug-likeness (QED) is 0.306. The third kappa shape index (κ3) is 11.8. The zero-order valence-corrected chi connectivity index (χ0v) is 22.6. The van der Waals surface area contributed by atoms with Gasteiger partial charge in [-0.1, -0.05) is 60.7 Å². The summed E-state index contributed by atoms with van der Waals surface area (Å²) in [5.41, 5.74) is 2.74. The molecular weight excluding hydrogens is 534 g/mol. The highest BCUT2D eigenvalue weighted by atomic mass is 16.4. The molecule has 2 heterocycles. The monoisotopic (exact) mass is 567 g/mol. The zero-order chi connectivity index (χ0) is 30.2. The Morgan fingerprint density at radius 1 is 0.634 bits per heavy atom. The van der Waals surface area contributed by atoms with E-state index in [1.165, 1.54) is 17.5 Å².